The summed E-state index contributed by atoms with van der Waals surface area (Å²) in [5.74, 6) is 1.02. The molecule has 3 rings (SSSR count). The third-order valence-electron chi connectivity index (χ3n) is 8.84. The fourth-order valence-electron chi connectivity index (χ4n) is 7.45. The van der Waals surface area contributed by atoms with E-state index in [2.05, 4.69) is 34.6 Å². The minimum absolute atomic E-state index is 0.0863. The molecule has 1 N–H and O–H groups in total. The van der Waals surface area contributed by atoms with Gasteiger partial charge in [0.2, 0.25) is 0 Å². The molecule has 5 heteroatoms. The first kappa shape index (κ1) is 23.7. The maximum atomic E-state index is 17.2. The zero-order valence-corrected chi connectivity index (χ0v) is 20.0. The first-order valence-electron chi connectivity index (χ1n) is 11.3. The van der Waals surface area contributed by atoms with Crippen LogP contribution in [-0.2, 0) is 9.59 Å². The Bertz CT molecular complexity index is 761. The monoisotopic (exact) mass is 436 g/mol. The summed E-state index contributed by atoms with van der Waals surface area (Å²) in [4.78, 5) is 23.2. The number of aliphatic hydroxyl groups excluding tert-OH is 1. The van der Waals surface area contributed by atoms with Crippen LogP contribution in [0.25, 0.3) is 0 Å². The highest BCUT2D eigenvalue weighted by Crippen LogP contribution is 2.67. The molecule has 3 aliphatic rings. The molecular weight excluding hydrogens is 399 g/mol. The van der Waals surface area contributed by atoms with Gasteiger partial charge in [0.1, 0.15) is 0 Å². The van der Waals surface area contributed by atoms with Crippen LogP contribution in [0.2, 0.25) is 0 Å². The fourth-order valence-corrected chi connectivity index (χ4v) is 8.51. The van der Waals surface area contributed by atoms with Gasteiger partial charge in [-0.2, -0.15) is 0 Å². The number of carbonyl (C=O) groups excluding carboxylic acids is 2. The van der Waals surface area contributed by atoms with Crippen molar-refractivity contribution in [2.75, 3.05) is 5.75 Å². The van der Waals surface area contributed by atoms with Crippen molar-refractivity contribution in [3.8, 4) is 0 Å². The van der Waals surface area contributed by atoms with E-state index < -0.39 is 17.2 Å². The number of halogens is 1. The molecule has 0 aromatic carbocycles. The maximum Gasteiger partial charge on any atom is 0.178 e. The van der Waals surface area contributed by atoms with Gasteiger partial charge in [-0.15, -0.1) is 0 Å². The summed E-state index contributed by atoms with van der Waals surface area (Å²) in [6.45, 7) is 12.6. The van der Waals surface area contributed by atoms with Gasteiger partial charge in [-0.05, 0) is 61.0 Å². The topological polar surface area (TPSA) is 54.4 Å². The molecular formula is C25H37FO3S. The molecule has 0 heterocycles. The molecule has 3 aliphatic carbocycles. The molecule has 6 unspecified atom stereocenters. The zero-order chi connectivity index (χ0) is 22.5. The predicted molar refractivity (Wildman–Crippen MR) is 121 cm³/mol. The van der Waals surface area contributed by atoms with E-state index in [1.165, 1.54) is 17.8 Å². The van der Waals surface area contributed by atoms with Crippen LogP contribution in [0.4, 0.5) is 4.39 Å². The molecule has 168 valence electrons. The highest BCUT2D eigenvalue weighted by atomic mass is 32.2. The highest BCUT2D eigenvalue weighted by Gasteiger charge is 2.69. The molecule has 0 aromatic heterocycles. The SMILES string of the molecule is CCC1C2C[C@H](C)C3=CC(=O)C=CC3(C)[C@@]2(F)C(O)CC1(C)C(CSC=O)C(C)C. The average Bonchev–Trinajstić information content (AvgIpc) is 2.66. The van der Waals surface area contributed by atoms with Crippen LogP contribution in [0.3, 0.4) is 0 Å². The van der Waals surface area contributed by atoms with E-state index in [4.69, 9.17) is 0 Å². The third-order valence-corrected chi connectivity index (χ3v) is 9.53. The number of aliphatic hydroxyl groups is 1. The second-order valence-corrected chi connectivity index (χ2v) is 11.4. The summed E-state index contributed by atoms with van der Waals surface area (Å²) in [7, 11) is 0. The zero-order valence-electron chi connectivity index (χ0n) is 19.2. The van der Waals surface area contributed by atoms with E-state index in [9.17, 15) is 14.7 Å². The van der Waals surface area contributed by atoms with Crippen molar-refractivity contribution >= 4 is 23.2 Å². The van der Waals surface area contributed by atoms with Crippen LogP contribution in [0.15, 0.2) is 23.8 Å². The van der Waals surface area contributed by atoms with Gasteiger partial charge in [-0.25, -0.2) is 4.39 Å². The largest absolute Gasteiger partial charge is 0.390 e. The number of ketones is 1. The molecule has 0 radical (unpaired) electrons. The van der Waals surface area contributed by atoms with Crippen molar-refractivity contribution in [2.45, 2.75) is 72.6 Å². The quantitative estimate of drug-likeness (QED) is 0.565. The Hall–Kier alpha value is -0.940. The van der Waals surface area contributed by atoms with Crippen molar-refractivity contribution in [3.63, 3.8) is 0 Å². The van der Waals surface area contributed by atoms with Crippen LogP contribution in [-0.4, -0.2) is 34.0 Å². The minimum Gasteiger partial charge on any atom is -0.390 e. The van der Waals surface area contributed by atoms with Crippen LogP contribution in [0, 0.1) is 40.4 Å². The Morgan fingerprint density at radius 2 is 2.03 bits per heavy atom. The fraction of sp³-hybridized carbons (Fsp3) is 0.760. The van der Waals surface area contributed by atoms with Gasteiger partial charge in [-0.3, -0.25) is 9.59 Å². The molecule has 3 nitrogen and oxygen atoms in total. The molecule has 30 heavy (non-hydrogen) atoms. The standard InChI is InChI=1S/C25H37FO3S/c1-7-18-20-10-16(4)19-11-17(28)8-9-24(19,6)25(20,26)22(29)12-23(18,5)21(15(2)3)13-30-14-27/h8-9,11,14-16,18,20-22,29H,7,10,12-13H2,1-6H3/t16-,18?,20?,21?,22?,23?,24?,25-/m0/s1. The molecule has 2 saturated carbocycles. The lowest BCUT2D eigenvalue weighted by Crippen LogP contribution is -2.68. The van der Waals surface area contributed by atoms with Gasteiger partial charge in [0, 0.05) is 17.1 Å². The number of alkyl halides is 1. The second kappa shape index (κ2) is 8.20. The van der Waals surface area contributed by atoms with E-state index >= 15 is 4.39 Å². The first-order chi connectivity index (χ1) is 14.0. The molecule has 8 atom stereocenters. The van der Waals surface area contributed by atoms with Crippen molar-refractivity contribution in [3.05, 3.63) is 23.8 Å². The Kier molecular flexibility index (Phi) is 6.48. The van der Waals surface area contributed by atoms with Crippen LogP contribution in [0.1, 0.15) is 60.8 Å². The maximum absolute atomic E-state index is 17.2. The average molecular weight is 437 g/mol. The molecule has 0 spiro atoms. The van der Waals surface area contributed by atoms with Crippen molar-refractivity contribution < 1.29 is 19.1 Å². The molecule has 0 amide bonds. The van der Waals surface area contributed by atoms with Gasteiger partial charge in [0.25, 0.3) is 0 Å². The van der Waals surface area contributed by atoms with Gasteiger partial charge in [-0.1, -0.05) is 64.5 Å². The van der Waals surface area contributed by atoms with E-state index in [1.807, 2.05) is 6.92 Å². The summed E-state index contributed by atoms with van der Waals surface area (Å²) < 4.78 is 17.2. The lowest BCUT2D eigenvalue weighted by atomic mass is 9.41. The molecule has 0 aliphatic heterocycles. The Morgan fingerprint density at radius 1 is 1.37 bits per heavy atom. The smallest absolute Gasteiger partial charge is 0.178 e. The van der Waals surface area contributed by atoms with Crippen LogP contribution in [0.5, 0.6) is 0 Å². The molecule has 0 saturated heterocycles. The number of thioether (sulfide) groups is 1. The van der Waals surface area contributed by atoms with E-state index in [-0.39, 0.29) is 34.9 Å². The molecule has 0 bridgehead atoms. The van der Waals surface area contributed by atoms with Crippen molar-refractivity contribution in [2.24, 2.45) is 40.4 Å². The van der Waals surface area contributed by atoms with E-state index in [1.54, 1.807) is 12.2 Å². The first-order valence-corrected chi connectivity index (χ1v) is 12.4. The Labute approximate surface area is 185 Å². The van der Waals surface area contributed by atoms with E-state index in [0.717, 1.165) is 17.6 Å². The highest BCUT2D eigenvalue weighted by molar-refractivity contribution is 8.11. The van der Waals surface area contributed by atoms with E-state index in [0.29, 0.717) is 24.5 Å². The minimum atomic E-state index is -1.80. The number of hydrogen-bond acceptors (Lipinski definition) is 4. The van der Waals surface area contributed by atoms with Gasteiger partial charge in [0.15, 0.2) is 17.1 Å². The second-order valence-electron chi connectivity index (χ2n) is 10.6. The third kappa shape index (κ3) is 3.26. The number of rotatable bonds is 6. The lowest BCUT2D eigenvalue weighted by molar-refractivity contribution is -0.213. The summed E-state index contributed by atoms with van der Waals surface area (Å²) in [5.41, 5.74) is -1.32. The lowest BCUT2D eigenvalue weighted by Gasteiger charge is -2.65. The summed E-state index contributed by atoms with van der Waals surface area (Å²) in [5, 5.41) is 11.4. The summed E-state index contributed by atoms with van der Waals surface area (Å²) >= 11 is 1.28. The van der Waals surface area contributed by atoms with Crippen molar-refractivity contribution in [1.82, 2.24) is 0 Å². The summed E-state index contributed by atoms with van der Waals surface area (Å²) in [6, 6.07) is 0. The summed E-state index contributed by atoms with van der Waals surface area (Å²) in [6.07, 6.45) is 5.51. The molecule has 2 fully saturated rings. The number of fused-ring (bicyclic) bond motifs is 3. The Balaban J connectivity index is 2.11. The normalized spacial score (nSPS) is 44.3. The number of allylic oxidation sites excluding steroid dienone is 4. The number of carbonyl (C=O) groups is 2. The van der Waals surface area contributed by atoms with Crippen LogP contribution >= 0.6 is 11.8 Å². The molecule has 0 aromatic rings. The van der Waals surface area contributed by atoms with Gasteiger partial charge in [0.05, 0.1) is 6.10 Å². The number of hydrogen-bond donors (Lipinski definition) is 1. The van der Waals surface area contributed by atoms with Crippen molar-refractivity contribution in [1.29, 1.82) is 0 Å². The Morgan fingerprint density at radius 3 is 2.60 bits per heavy atom. The van der Waals surface area contributed by atoms with Gasteiger partial charge >= 0.3 is 0 Å². The van der Waals surface area contributed by atoms with Gasteiger partial charge < -0.3 is 5.11 Å². The predicted octanol–water partition coefficient (Wildman–Crippen LogP) is 5.42. The van der Waals surface area contributed by atoms with Crippen LogP contribution < -0.4 is 0 Å².